The molecule has 1 heterocycles. The summed E-state index contributed by atoms with van der Waals surface area (Å²) in [5, 5.41) is 0. The van der Waals surface area contributed by atoms with Crippen LogP contribution in [0.15, 0.2) is 29.0 Å². The fraction of sp³-hybridized carbons (Fsp3) is 0.125. The molecule has 0 aliphatic heterocycles. The third kappa shape index (κ3) is 2.44. The Morgan fingerprint density at radius 1 is 1.64 bits per heavy atom. The predicted octanol–water partition coefficient (Wildman–Crippen LogP) is 1.82. The molecule has 2 N–H and O–H groups in total. The van der Waals surface area contributed by atoms with Crippen LogP contribution in [0.5, 0.6) is 0 Å². The molecule has 0 aromatic carbocycles. The maximum absolute atomic E-state index is 5.31. The minimum atomic E-state index is 0.564. The normalized spacial score (nSPS) is 10.7. The first-order valence-electron chi connectivity index (χ1n) is 3.30. The van der Waals surface area contributed by atoms with Crippen molar-refractivity contribution in [2.45, 2.75) is 0 Å². The number of hydrogen-bond acceptors (Lipinski definition) is 2. The lowest BCUT2D eigenvalue weighted by molar-refractivity contribution is 1.26. The van der Waals surface area contributed by atoms with Gasteiger partial charge in [-0.15, -0.1) is 0 Å². The van der Waals surface area contributed by atoms with Crippen molar-refractivity contribution in [3.63, 3.8) is 0 Å². The van der Waals surface area contributed by atoms with Gasteiger partial charge < -0.3 is 5.73 Å². The SMILES string of the molecule is NC/C=C/c1ccncc1Br. The van der Waals surface area contributed by atoms with Crippen LogP contribution in [0, 0.1) is 0 Å². The fourth-order valence-electron chi connectivity index (χ4n) is 0.716. The van der Waals surface area contributed by atoms with E-state index >= 15 is 0 Å². The van der Waals surface area contributed by atoms with Gasteiger partial charge in [0.05, 0.1) is 0 Å². The second kappa shape index (κ2) is 4.26. The summed E-state index contributed by atoms with van der Waals surface area (Å²) in [6.07, 6.45) is 7.38. The van der Waals surface area contributed by atoms with Crippen molar-refractivity contribution in [2.24, 2.45) is 5.73 Å². The first-order valence-corrected chi connectivity index (χ1v) is 4.10. The average molecular weight is 213 g/mol. The predicted molar refractivity (Wildman–Crippen MR) is 50.0 cm³/mol. The highest BCUT2D eigenvalue weighted by molar-refractivity contribution is 9.10. The van der Waals surface area contributed by atoms with Crippen LogP contribution < -0.4 is 5.73 Å². The minimum absolute atomic E-state index is 0.564. The monoisotopic (exact) mass is 212 g/mol. The van der Waals surface area contributed by atoms with Crippen molar-refractivity contribution in [1.29, 1.82) is 0 Å². The molecule has 0 fully saturated rings. The molecule has 3 heteroatoms. The molecule has 0 radical (unpaired) electrons. The molecule has 0 saturated carbocycles. The van der Waals surface area contributed by atoms with Crippen LogP contribution in [-0.4, -0.2) is 11.5 Å². The van der Waals surface area contributed by atoms with Crippen molar-refractivity contribution < 1.29 is 0 Å². The highest BCUT2D eigenvalue weighted by atomic mass is 79.9. The summed E-state index contributed by atoms with van der Waals surface area (Å²) in [6, 6.07) is 1.93. The molecule has 11 heavy (non-hydrogen) atoms. The average Bonchev–Trinajstić information content (AvgIpc) is 2.03. The third-order valence-corrected chi connectivity index (χ3v) is 1.90. The maximum atomic E-state index is 5.31. The van der Waals surface area contributed by atoms with Gasteiger partial charge in [0.2, 0.25) is 0 Å². The first-order chi connectivity index (χ1) is 5.34. The first kappa shape index (κ1) is 8.43. The van der Waals surface area contributed by atoms with E-state index in [0.29, 0.717) is 6.54 Å². The highest BCUT2D eigenvalue weighted by Gasteiger charge is 1.91. The Morgan fingerprint density at radius 3 is 3.09 bits per heavy atom. The van der Waals surface area contributed by atoms with Crippen LogP contribution in [0.3, 0.4) is 0 Å². The second-order valence-corrected chi connectivity index (χ2v) is 2.89. The molecule has 2 nitrogen and oxygen atoms in total. The van der Waals surface area contributed by atoms with Gasteiger partial charge in [-0.3, -0.25) is 4.98 Å². The zero-order valence-corrected chi connectivity index (χ0v) is 7.58. The molecule has 0 amide bonds. The van der Waals surface area contributed by atoms with Gasteiger partial charge in [0.1, 0.15) is 0 Å². The topological polar surface area (TPSA) is 38.9 Å². The molecule has 0 unspecified atom stereocenters. The molecule has 1 rings (SSSR count). The van der Waals surface area contributed by atoms with Crippen LogP contribution in [0.2, 0.25) is 0 Å². The second-order valence-electron chi connectivity index (χ2n) is 2.04. The summed E-state index contributed by atoms with van der Waals surface area (Å²) >= 11 is 3.37. The molecule has 0 spiro atoms. The van der Waals surface area contributed by atoms with E-state index in [-0.39, 0.29) is 0 Å². The third-order valence-electron chi connectivity index (χ3n) is 1.24. The van der Waals surface area contributed by atoms with Crippen LogP contribution in [-0.2, 0) is 0 Å². The Balaban J connectivity index is 2.86. The van der Waals surface area contributed by atoms with E-state index < -0.39 is 0 Å². The fourth-order valence-corrected chi connectivity index (χ4v) is 1.10. The van der Waals surface area contributed by atoms with Gasteiger partial charge in [0, 0.05) is 23.4 Å². The molecule has 58 valence electrons. The summed E-state index contributed by atoms with van der Waals surface area (Å²) in [6.45, 7) is 0.564. The summed E-state index contributed by atoms with van der Waals surface area (Å²) in [7, 11) is 0. The van der Waals surface area contributed by atoms with Crippen LogP contribution in [0.25, 0.3) is 6.08 Å². The van der Waals surface area contributed by atoms with E-state index in [1.54, 1.807) is 12.4 Å². The molecule has 0 aliphatic carbocycles. The van der Waals surface area contributed by atoms with Crippen LogP contribution in [0.1, 0.15) is 5.56 Å². The van der Waals surface area contributed by atoms with Crippen molar-refractivity contribution >= 4 is 22.0 Å². The van der Waals surface area contributed by atoms with Crippen LogP contribution >= 0.6 is 15.9 Å². The van der Waals surface area contributed by atoms with Gasteiger partial charge in [0.25, 0.3) is 0 Å². The lowest BCUT2D eigenvalue weighted by atomic mass is 10.2. The summed E-state index contributed by atoms with van der Waals surface area (Å²) in [4.78, 5) is 3.94. The van der Waals surface area contributed by atoms with Crippen molar-refractivity contribution in [3.05, 3.63) is 34.6 Å². The Bertz CT molecular complexity index is 258. The number of aromatic nitrogens is 1. The Morgan fingerprint density at radius 2 is 2.45 bits per heavy atom. The van der Waals surface area contributed by atoms with Gasteiger partial charge >= 0.3 is 0 Å². The van der Waals surface area contributed by atoms with Crippen molar-refractivity contribution in [1.82, 2.24) is 4.98 Å². The lowest BCUT2D eigenvalue weighted by Gasteiger charge is -1.94. The van der Waals surface area contributed by atoms with E-state index in [1.165, 1.54) is 0 Å². The summed E-state index contributed by atoms with van der Waals surface area (Å²) in [5.74, 6) is 0. The molecule has 1 aromatic heterocycles. The Kier molecular flexibility index (Phi) is 3.26. The van der Waals surface area contributed by atoms with Gasteiger partial charge in [0.15, 0.2) is 0 Å². The zero-order chi connectivity index (χ0) is 8.10. The van der Waals surface area contributed by atoms with Gasteiger partial charge in [-0.05, 0) is 27.6 Å². The Labute approximate surface area is 74.3 Å². The van der Waals surface area contributed by atoms with Gasteiger partial charge in [-0.25, -0.2) is 0 Å². The number of pyridine rings is 1. The maximum Gasteiger partial charge on any atom is 0.0431 e. The zero-order valence-electron chi connectivity index (χ0n) is 6.00. The van der Waals surface area contributed by atoms with Gasteiger partial charge in [-0.2, -0.15) is 0 Å². The number of hydrogen-bond donors (Lipinski definition) is 1. The van der Waals surface area contributed by atoms with E-state index in [2.05, 4.69) is 20.9 Å². The molecule has 0 aliphatic rings. The van der Waals surface area contributed by atoms with Crippen LogP contribution in [0.4, 0.5) is 0 Å². The van der Waals surface area contributed by atoms with E-state index in [1.807, 2.05) is 18.2 Å². The number of halogens is 1. The molecular weight excluding hydrogens is 204 g/mol. The smallest absolute Gasteiger partial charge is 0.0431 e. The van der Waals surface area contributed by atoms with E-state index in [4.69, 9.17) is 5.73 Å². The molecule has 0 bridgehead atoms. The quantitative estimate of drug-likeness (QED) is 0.813. The van der Waals surface area contributed by atoms with E-state index in [0.717, 1.165) is 10.0 Å². The molecule has 1 aromatic rings. The largest absolute Gasteiger partial charge is 0.327 e. The number of nitrogens with two attached hydrogens (primary N) is 1. The van der Waals surface area contributed by atoms with Crippen molar-refractivity contribution in [2.75, 3.05) is 6.54 Å². The summed E-state index contributed by atoms with van der Waals surface area (Å²) in [5.41, 5.74) is 6.41. The Hall–Kier alpha value is -0.670. The van der Waals surface area contributed by atoms with Crippen molar-refractivity contribution in [3.8, 4) is 0 Å². The number of rotatable bonds is 2. The van der Waals surface area contributed by atoms with E-state index in [9.17, 15) is 0 Å². The lowest BCUT2D eigenvalue weighted by Crippen LogP contribution is -1.92. The molecular formula is C8H9BrN2. The van der Waals surface area contributed by atoms with Gasteiger partial charge in [-0.1, -0.05) is 12.2 Å². The standard InChI is InChI=1S/C8H9BrN2/c9-8-6-11-5-3-7(8)2-1-4-10/h1-3,5-6H,4,10H2/b2-1+. The number of nitrogens with zero attached hydrogens (tertiary/aromatic N) is 1. The highest BCUT2D eigenvalue weighted by Crippen LogP contribution is 2.15. The summed E-state index contributed by atoms with van der Waals surface area (Å²) < 4.78 is 0.990. The molecule has 0 atom stereocenters. The minimum Gasteiger partial charge on any atom is -0.327 e. The molecule has 0 saturated heterocycles.